The van der Waals surface area contributed by atoms with Gasteiger partial charge >= 0.3 is 0 Å². The Morgan fingerprint density at radius 1 is 1.27 bits per heavy atom. The molecule has 1 heterocycles. The van der Waals surface area contributed by atoms with Gasteiger partial charge in [-0.15, -0.1) is 0 Å². The fourth-order valence-corrected chi connectivity index (χ4v) is 3.68. The Morgan fingerprint density at radius 2 is 2.00 bits per heavy atom. The summed E-state index contributed by atoms with van der Waals surface area (Å²) in [5.74, 6) is 0.0943. The maximum Gasteiger partial charge on any atom is 0.255 e. The minimum absolute atomic E-state index is 0.134. The highest BCUT2D eigenvalue weighted by molar-refractivity contribution is 6.00. The molecule has 2 N–H and O–H groups in total. The molecule has 1 unspecified atom stereocenters. The van der Waals surface area contributed by atoms with E-state index in [-0.39, 0.29) is 17.7 Å². The summed E-state index contributed by atoms with van der Waals surface area (Å²) in [6.45, 7) is 10.9. The standard InChI is InChI=1S/C26H39NO3/c1-6-8-10-13-20-18-22-21(24(28)23(20)25(29)27-17-9-7-2)14-16-26(5,30-22)15-11-12-19(3)4/h12,14,16,18,28H,6-11,13,15,17H2,1-5H3,(H,27,29)/i14D. The Kier molecular flexibility index (Phi) is 8.41. The molecular weight excluding hydrogens is 374 g/mol. The largest absolute Gasteiger partial charge is 0.506 e. The first-order valence-electron chi connectivity index (χ1n) is 11.9. The number of aryl methyl sites for hydroxylation is 1. The molecule has 1 aromatic rings. The number of carbonyl (C=O) groups is 1. The Labute approximate surface area is 183 Å². The third kappa shape index (κ3) is 6.38. The van der Waals surface area contributed by atoms with E-state index in [1.807, 2.05) is 13.0 Å². The predicted molar refractivity (Wildman–Crippen MR) is 125 cm³/mol. The van der Waals surface area contributed by atoms with Crippen molar-refractivity contribution in [1.82, 2.24) is 5.32 Å². The molecule has 1 amide bonds. The summed E-state index contributed by atoms with van der Waals surface area (Å²) in [5.41, 5.74) is 2.04. The zero-order chi connectivity index (χ0) is 23.0. The summed E-state index contributed by atoms with van der Waals surface area (Å²) < 4.78 is 14.9. The van der Waals surface area contributed by atoms with Crippen LogP contribution < -0.4 is 10.1 Å². The highest BCUT2D eigenvalue weighted by atomic mass is 16.5. The van der Waals surface area contributed by atoms with E-state index >= 15 is 0 Å². The smallest absolute Gasteiger partial charge is 0.255 e. The lowest BCUT2D eigenvalue weighted by atomic mass is 9.91. The van der Waals surface area contributed by atoms with Crippen molar-refractivity contribution in [2.45, 2.75) is 91.6 Å². The lowest BCUT2D eigenvalue weighted by Gasteiger charge is -2.32. The lowest BCUT2D eigenvalue weighted by Crippen LogP contribution is -2.32. The van der Waals surface area contributed by atoms with Gasteiger partial charge in [0.15, 0.2) is 0 Å². The molecule has 1 aliphatic rings. The quantitative estimate of drug-likeness (QED) is 0.318. The number of benzene rings is 1. The molecule has 1 aliphatic heterocycles. The van der Waals surface area contributed by atoms with Crippen LogP contribution in [0.1, 0.15) is 102 Å². The minimum atomic E-state index is -0.617. The van der Waals surface area contributed by atoms with Crippen LogP contribution in [0.15, 0.2) is 23.8 Å². The normalized spacial score (nSPS) is 18.0. The van der Waals surface area contributed by atoms with E-state index in [0.29, 0.717) is 29.8 Å². The SMILES string of the molecule is [2H]C1=CC(C)(CCC=C(C)C)Oc2cc(CCCCC)c(C(=O)NCCCC)c(O)c21. The average molecular weight is 415 g/mol. The molecule has 166 valence electrons. The summed E-state index contributed by atoms with van der Waals surface area (Å²) in [4.78, 5) is 12.9. The Hall–Kier alpha value is -2.23. The fourth-order valence-electron chi connectivity index (χ4n) is 3.68. The molecule has 2 rings (SSSR count). The maximum absolute atomic E-state index is 12.9. The highest BCUT2D eigenvalue weighted by Gasteiger charge is 2.31. The molecule has 0 radical (unpaired) electrons. The Morgan fingerprint density at radius 3 is 2.67 bits per heavy atom. The number of ether oxygens (including phenoxy) is 1. The lowest BCUT2D eigenvalue weighted by molar-refractivity contribution is 0.0949. The van der Waals surface area contributed by atoms with Gasteiger partial charge in [0.25, 0.3) is 5.91 Å². The second-order valence-electron chi connectivity index (χ2n) is 8.72. The summed E-state index contributed by atoms with van der Waals surface area (Å²) in [7, 11) is 0. The molecule has 0 saturated carbocycles. The van der Waals surface area contributed by atoms with Crippen molar-refractivity contribution in [3.63, 3.8) is 0 Å². The van der Waals surface area contributed by atoms with Crippen molar-refractivity contribution in [3.05, 3.63) is 40.5 Å². The number of nitrogens with one attached hydrogen (secondary N) is 1. The number of rotatable bonds is 11. The average Bonchev–Trinajstić information content (AvgIpc) is 2.67. The van der Waals surface area contributed by atoms with Crippen LogP contribution in [0.3, 0.4) is 0 Å². The third-order valence-electron chi connectivity index (χ3n) is 5.50. The topological polar surface area (TPSA) is 58.6 Å². The van der Waals surface area contributed by atoms with Crippen LogP contribution in [0, 0.1) is 0 Å². The number of hydrogen-bond acceptors (Lipinski definition) is 3. The van der Waals surface area contributed by atoms with Crippen LogP contribution in [0.2, 0.25) is 0 Å². The zero-order valence-electron chi connectivity index (χ0n) is 20.4. The van der Waals surface area contributed by atoms with Crippen LogP contribution in [-0.4, -0.2) is 23.2 Å². The molecule has 0 saturated heterocycles. The number of amides is 1. The molecule has 1 aromatic carbocycles. The van der Waals surface area contributed by atoms with E-state index in [1.54, 1.807) is 6.08 Å². The molecule has 4 nitrogen and oxygen atoms in total. The van der Waals surface area contributed by atoms with Gasteiger partial charge in [-0.3, -0.25) is 4.79 Å². The van der Waals surface area contributed by atoms with Gasteiger partial charge in [0.1, 0.15) is 17.1 Å². The Bertz CT molecular complexity index is 840. The van der Waals surface area contributed by atoms with Crippen molar-refractivity contribution >= 4 is 12.0 Å². The number of fused-ring (bicyclic) bond motifs is 1. The van der Waals surface area contributed by atoms with Gasteiger partial charge in [0.05, 0.1) is 12.5 Å². The van der Waals surface area contributed by atoms with Gasteiger partial charge in [-0.1, -0.05) is 44.8 Å². The zero-order valence-corrected chi connectivity index (χ0v) is 19.4. The van der Waals surface area contributed by atoms with Crippen LogP contribution in [-0.2, 0) is 6.42 Å². The minimum Gasteiger partial charge on any atom is -0.506 e. The van der Waals surface area contributed by atoms with Gasteiger partial charge in [0, 0.05) is 6.54 Å². The highest BCUT2D eigenvalue weighted by Crippen LogP contribution is 2.42. The molecule has 0 fully saturated rings. The van der Waals surface area contributed by atoms with Gasteiger partial charge in [0.2, 0.25) is 0 Å². The van der Waals surface area contributed by atoms with Gasteiger partial charge in [-0.05, 0) is 76.6 Å². The monoisotopic (exact) mass is 414 g/mol. The second-order valence-corrected chi connectivity index (χ2v) is 8.72. The van der Waals surface area contributed by atoms with Crippen molar-refractivity contribution in [1.29, 1.82) is 0 Å². The van der Waals surface area contributed by atoms with Crippen molar-refractivity contribution in [2.24, 2.45) is 0 Å². The summed E-state index contributed by atoms with van der Waals surface area (Å²) in [6.07, 6.45) is 11.1. The van der Waals surface area contributed by atoms with Crippen LogP contribution in [0.25, 0.3) is 6.05 Å². The molecule has 0 bridgehead atoms. The Balaban J connectivity index is 2.43. The number of allylic oxidation sites excluding steroid dienone is 2. The van der Waals surface area contributed by atoms with Gasteiger partial charge in [-0.25, -0.2) is 0 Å². The van der Waals surface area contributed by atoms with Crippen molar-refractivity contribution in [3.8, 4) is 11.5 Å². The molecule has 0 aliphatic carbocycles. The van der Waals surface area contributed by atoms with Crippen molar-refractivity contribution in [2.75, 3.05) is 6.54 Å². The van der Waals surface area contributed by atoms with Crippen LogP contribution in [0.5, 0.6) is 11.5 Å². The molecular formula is C26H39NO3. The number of hydrogen-bond donors (Lipinski definition) is 2. The van der Waals surface area contributed by atoms with Gasteiger partial charge < -0.3 is 15.2 Å². The third-order valence-corrected chi connectivity index (χ3v) is 5.50. The molecule has 4 heteroatoms. The van der Waals surface area contributed by atoms with Crippen LogP contribution >= 0.6 is 0 Å². The second kappa shape index (κ2) is 11.2. The number of unbranched alkanes of at least 4 members (excludes halogenated alkanes) is 3. The maximum atomic E-state index is 12.9. The van der Waals surface area contributed by atoms with E-state index in [4.69, 9.17) is 6.11 Å². The van der Waals surface area contributed by atoms with Gasteiger partial charge in [-0.2, -0.15) is 0 Å². The first-order chi connectivity index (χ1) is 14.7. The fraction of sp³-hybridized carbons (Fsp3) is 0.577. The first-order valence-corrected chi connectivity index (χ1v) is 11.4. The summed E-state index contributed by atoms with van der Waals surface area (Å²) in [6, 6.07) is 2.08. The van der Waals surface area contributed by atoms with Crippen LogP contribution in [0.4, 0.5) is 0 Å². The molecule has 1 atom stereocenters. The van der Waals surface area contributed by atoms with E-state index in [9.17, 15) is 9.90 Å². The van der Waals surface area contributed by atoms with E-state index in [0.717, 1.165) is 50.5 Å². The van der Waals surface area contributed by atoms with Crippen molar-refractivity contribution < 1.29 is 16.0 Å². The summed E-state index contributed by atoms with van der Waals surface area (Å²) in [5, 5.41) is 14.0. The predicted octanol–water partition coefficient (Wildman–Crippen LogP) is 6.57. The first kappa shape index (κ1) is 22.5. The summed E-state index contributed by atoms with van der Waals surface area (Å²) >= 11 is 0. The van der Waals surface area contributed by atoms with E-state index in [2.05, 4.69) is 39.1 Å². The number of phenols is 1. The molecule has 30 heavy (non-hydrogen) atoms. The molecule has 0 spiro atoms. The molecule has 0 aromatic heterocycles. The van der Waals surface area contributed by atoms with E-state index in [1.165, 1.54) is 5.57 Å². The number of carbonyl (C=O) groups excluding carboxylic acids is 1. The number of phenolic OH excluding ortho intramolecular Hbond substituents is 1. The number of aromatic hydroxyl groups is 1. The van der Waals surface area contributed by atoms with E-state index < -0.39 is 5.60 Å².